The molecule has 2 heterocycles. The van der Waals surface area contributed by atoms with Crippen molar-refractivity contribution >= 4 is 17.3 Å². The van der Waals surface area contributed by atoms with Gasteiger partial charge in [0.15, 0.2) is 0 Å². The van der Waals surface area contributed by atoms with Crippen LogP contribution in [0.3, 0.4) is 0 Å². The van der Waals surface area contributed by atoms with Crippen molar-refractivity contribution in [2.24, 2.45) is 0 Å². The predicted octanol–water partition coefficient (Wildman–Crippen LogP) is 2.25. The van der Waals surface area contributed by atoms with Crippen LogP contribution in [0.2, 0.25) is 0 Å². The van der Waals surface area contributed by atoms with Gasteiger partial charge in [-0.25, -0.2) is 0 Å². The average molecular weight is 296 g/mol. The summed E-state index contributed by atoms with van der Waals surface area (Å²) in [6.07, 6.45) is 1.60. The molecule has 4 nitrogen and oxygen atoms in total. The van der Waals surface area contributed by atoms with Gasteiger partial charge in [0.05, 0.1) is 6.61 Å². The number of rotatable bonds is 5. The standard InChI is InChI=1S/C15H24N2O2S/c1-4-19-14(18)15(7-8-17(3)12(2)10-15)16-11-13-6-5-9-20-13/h5-6,9,12,16H,4,7-8,10-11H2,1-3H3. The normalized spacial score (nSPS) is 27.4. The molecule has 1 saturated heterocycles. The highest BCUT2D eigenvalue weighted by atomic mass is 32.1. The lowest BCUT2D eigenvalue weighted by Crippen LogP contribution is -2.60. The van der Waals surface area contributed by atoms with E-state index in [4.69, 9.17) is 4.74 Å². The first-order chi connectivity index (χ1) is 9.57. The molecule has 0 saturated carbocycles. The number of ether oxygens (including phenoxy) is 1. The Balaban J connectivity index is 2.09. The van der Waals surface area contributed by atoms with E-state index in [1.165, 1.54) is 4.88 Å². The van der Waals surface area contributed by atoms with Gasteiger partial charge in [0.1, 0.15) is 5.54 Å². The van der Waals surface area contributed by atoms with E-state index in [-0.39, 0.29) is 5.97 Å². The van der Waals surface area contributed by atoms with Crippen LogP contribution in [-0.4, -0.2) is 42.6 Å². The lowest BCUT2D eigenvalue weighted by molar-refractivity contribution is -0.154. The zero-order chi connectivity index (χ0) is 14.6. The van der Waals surface area contributed by atoms with E-state index in [1.807, 2.05) is 13.0 Å². The van der Waals surface area contributed by atoms with Crippen LogP contribution in [0.4, 0.5) is 0 Å². The largest absolute Gasteiger partial charge is 0.465 e. The zero-order valence-corrected chi connectivity index (χ0v) is 13.3. The Bertz CT molecular complexity index is 435. The van der Waals surface area contributed by atoms with Crippen LogP contribution in [0.15, 0.2) is 17.5 Å². The van der Waals surface area contributed by atoms with Gasteiger partial charge in [-0.1, -0.05) is 6.07 Å². The molecule has 0 aliphatic carbocycles. The predicted molar refractivity (Wildman–Crippen MR) is 81.8 cm³/mol. The lowest BCUT2D eigenvalue weighted by Gasteiger charge is -2.43. The maximum absolute atomic E-state index is 12.4. The summed E-state index contributed by atoms with van der Waals surface area (Å²) >= 11 is 1.71. The summed E-state index contributed by atoms with van der Waals surface area (Å²) in [6.45, 7) is 6.11. The number of thiophene rings is 1. The molecule has 1 N–H and O–H groups in total. The Labute approximate surface area is 125 Å². The molecule has 1 aromatic rings. The highest BCUT2D eigenvalue weighted by Gasteiger charge is 2.44. The van der Waals surface area contributed by atoms with E-state index >= 15 is 0 Å². The molecule has 0 aromatic carbocycles. The summed E-state index contributed by atoms with van der Waals surface area (Å²) < 4.78 is 5.32. The maximum Gasteiger partial charge on any atom is 0.326 e. The van der Waals surface area contributed by atoms with Gasteiger partial charge in [-0.3, -0.25) is 10.1 Å². The lowest BCUT2D eigenvalue weighted by atomic mass is 9.83. The molecule has 0 spiro atoms. The number of carbonyl (C=O) groups is 1. The molecule has 2 unspecified atom stereocenters. The van der Waals surface area contributed by atoms with Crippen LogP contribution in [-0.2, 0) is 16.1 Å². The first-order valence-electron chi connectivity index (χ1n) is 7.22. The molecule has 1 fully saturated rings. The number of piperidine rings is 1. The number of nitrogens with one attached hydrogen (secondary N) is 1. The fourth-order valence-corrected chi connectivity index (χ4v) is 3.35. The summed E-state index contributed by atoms with van der Waals surface area (Å²) in [5, 5.41) is 5.54. The molecule has 1 aromatic heterocycles. The topological polar surface area (TPSA) is 41.6 Å². The Morgan fingerprint density at radius 2 is 2.45 bits per heavy atom. The molecular formula is C15H24N2O2S. The fraction of sp³-hybridized carbons (Fsp3) is 0.667. The minimum atomic E-state index is -0.536. The average Bonchev–Trinajstić information content (AvgIpc) is 2.94. The Kier molecular flexibility index (Phi) is 5.18. The molecule has 0 amide bonds. The molecular weight excluding hydrogens is 272 g/mol. The Hall–Kier alpha value is -0.910. The van der Waals surface area contributed by atoms with Crippen molar-refractivity contribution in [1.29, 1.82) is 0 Å². The van der Waals surface area contributed by atoms with Gasteiger partial charge in [-0.05, 0) is 45.2 Å². The molecule has 2 atom stereocenters. The van der Waals surface area contributed by atoms with E-state index in [1.54, 1.807) is 11.3 Å². The third-order valence-corrected chi connectivity index (χ3v) is 5.01. The van der Waals surface area contributed by atoms with E-state index < -0.39 is 5.54 Å². The fourth-order valence-electron chi connectivity index (χ4n) is 2.71. The summed E-state index contributed by atoms with van der Waals surface area (Å²) in [7, 11) is 2.11. The number of hydrogen-bond acceptors (Lipinski definition) is 5. The Morgan fingerprint density at radius 1 is 1.65 bits per heavy atom. The summed E-state index contributed by atoms with van der Waals surface area (Å²) in [5.74, 6) is -0.100. The minimum Gasteiger partial charge on any atom is -0.465 e. The molecule has 5 heteroatoms. The second-order valence-electron chi connectivity index (χ2n) is 5.52. The van der Waals surface area contributed by atoms with Crippen LogP contribution in [0.1, 0.15) is 31.6 Å². The molecule has 112 valence electrons. The van der Waals surface area contributed by atoms with Crippen LogP contribution in [0.5, 0.6) is 0 Å². The van der Waals surface area contributed by atoms with E-state index in [2.05, 4.69) is 35.6 Å². The number of carbonyl (C=O) groups excluding carboxylic acids is 1. The summed E-state index contributed by atoms with van der Waals surface area (Å²) in [4.78, 5) is 16.0. The van der Waals surface area contributed by atoms with Gasteiger partial charge in [0, 0.05) is 24.0 Å². The van der Waals surface area contributed by atoms with Gasteiger partial charge >= 0.3 is 5.97 Å². The van der Waals surface area contributed by atoms with Crippen LogP contribution < -0.4 is 5.32 Å². The molecule has 20 heavy (non-hydrogen) atoms. The van der Waals surface area contributed by atoms with Crippen LogP contribution >= 0.6 is 11.3 Å². The Morgan fingerprint density at radius 3 is 3.05 bits per heavy atom. The first kappa shape index (κ1) is 15.5. The highest BCUT2D eigenvalue weighted by Crippen LogP contribution is 2.28. The SMILES string of the molecule is CCOC(=O)C1(NCc2cccs2)CCN(C)C(C)C1. The third-order valence-electron chi connectivity index (χ3n) is 4.13. The maximum atomic E-state index is 12.4. The van der Waals surface area contributed by atoms with Crippen molar-refractivity contribution in [3.63, 3.8) is 0 Å². The molecule has 2 rings (SSSR count). The highest BCUT2D eigenvalue weighted by molar-refractivity contribution is 7.09. The van der Waals surface area contributed by atoms with Gasteiger partial charge < -0.3 is 9.64 Å². The van der Waals surface area contributed by atoms with Gasteiger partial charge in [-0.15, -0.1) is 11.3 Å². The van der Waals surface area contributed by atoms with E-state index in [0.717, 1.165) is 25.9 Å². The molecule has 1 aliphatic rings. The second-order valence-corrected chi connectivity index (χ2v) is 6.55. The molecule has 0 radical (unpaired) electrons. The van der Waals surface area contributed by atoms with Gasteiger partial charge in [0.25, 0.3) is 0 Å². The van der Waals surface area contributed by atoms with Crippen LogP contribution in [0.25, 0.3) is 0 Å². The first-order valence-corrected chi connectivity index (χ1v) is 8.10. The summed E-state index contributed by atoms with van der Waals surface area (Å²) in [6, 6.07) is 4.51. The number of likely N-dealkylation sites (tertiary alicyclic amines) is 1. The summed E-state index contributed by atoms with van der Waals surface area (Å²) in [5.41, 5.74) is -0.536. The van der Waals surface area contributed by atoms with Gasteiger partial charge in [-0.2, -0.15) is 0 Å². The molecule has 1 aliphatic heterocycles. The quantitative estimate of drug-likeness (QED) is 0.846. The van der Waals surface area contributed by atoms with Crippen molar-refractivity contribution in [3.05, 3.63) is 22.4 Å². The van der Waals surface area contributed by atoms with Crippen molar-refractivity contribution in [2.45, 2.75) is 44.8 Å². The van der Waals surface area contributed by atoms with E-state index in [9.17, 15) is 4.79 Å². The smallest absolute Gasteiger partial charge is 0.326 e. The second kappa shape index (κ2) is 6.70. The van der Waals surface area contributed by atoms with Crippen LogP contribution in [0, 0.1) is 0 Å². The number of esters is 1. The zero-order valence-electron chi connectivity index (χ0n) is 12.5. The third kappa shape index (κ3) is 3.40. The monoisotopic (exact) mass is 296 g/mol. The number of hydrogen-bond donors (Lipinski definition) is 1. The minimum absolute atomic E-state index is 0.100. The van der Waals surface area contributed by atoms with Crippen molar-refractivity contribution in [1.82, 2.24) is 10.2 Å². The van der Waals surface area contributed by atoms with Crippen molar-refractivity contribution < 1.29 is 9.53 Å². The van der Waals surface area contributed by atoms with Gasteiger partial charge in [0.2, 0.25) is 0 Å². The number of nitrogens with zero attached hydrogens (tertiary/aromatic N) is 1. The van der Waals surface area contributed by atoms with Crippen molar-refractivity contribution in [3.8, 4) is 0 Å². The molecule has 0 bridgehead atoms. The van der Waals surface area contributed by atoms with Crippen molar-refractivity contribution in [2.75, 3.05) is 20.2 Å². The van der Waals surface area contributed by atoms with E-state index in [0.29, 0.717) is 12.6 Å².